The molecule has 0 spiro atoms. The van der Waals surface area contributed by atoms with Crippen LogP contribution in [0.5, 0.6) is 0 Å². The highest BCUT2D eigenvalue weighted by Gasteiger charge is 2.03. The lowest BCUT2D eigenvalue weighted by Crippen LogP contribution is -2.19. The van der Waals surface area contributed by atoms with Gasteiger partial charge in [0.2, 0.25) is 5.91 Å². The Kier molecular flexibility index (Phi) is 4.88. The van der Waals surface area contributed by atoms with Crippen LogP contribution in [0.2, 0.25) is 0 Å². The van der Waals surface area contributed by atoms with Gasteiger partial charge in [-0.3, -0.25) is 4.79 Å². The van der Waals surface area contributed by atoms with Crippen LogP contribution in [-0.2, 0) is 11.2 Å². The van der Waals surface area contributed by atoms with E-state index in [0.717, 1.165) is 11.1 Å². The number of nitrogens with one attached hydrogen (secondary N) is 1. The molecular formula is C18H20N2O. The summed E-state index contributed by atoms with van der Waals surface area (Å²) in [5.41, 5.74) is 8.29. The van der Waals surface area contributed by atoms with E-state index in [1.807, 2.05) is 36.4 Å². The lowest BCUT2D eigenvalue weighted by Gasteiger charge is -2.07. The standard InChI is InChI=1S/C18H20N2O/c1-13-9-10-17(15(3)14(13)2)12-19-20-18(21)11-16-7-5-4-6-8-16/h4-10,12H,11H2,1-3H3,(H,20,21)/b19-12-. The minimum Gasteiger partial charge on any atom is -0.273 e. The minimum atomic E-state index is -0.112. The van der Waals surface area contributed by atoms with Crippen LogP contribution in [0.4, 0.5) is 0 Å². The molecule has 2 aromatic rings. The smallest absolute Gasteiger partial charge is 0.244 e. The first kappa shape index (κ1) is 15.0. The van der Waals surface area contributed by atoms with Crippen molar-refractivity contribution in [1.29, 1.82) is 0 Å². The number of carbonyl (C=O) groups excluding carboxylic acids is 1. The summed E-state index contributed by atoms with van der Waals surface area (Å²) in [5, 5.41) is 4.04. The molecule has 1 N–H and O–H groups in total. The predicted molar refractivity (Wildman–Crippen MR) is 86.5 cm³/mol. The number of hydrogen-bond donors (Lipinski definition) is 1. The second-order valence-electron chi connectivity index (χ2n) is 5.18. The number of amides is 1. The highest BCUT2D eigenvalue weighted by Crippen LogP contribution is 2.15. The van der Waals surface area contributed by atoms with Gasteiger partial charge < -0.3 is 0 Å². The molecular weight excluding hydrogens is 260 g/mol. The Balaban J connectivity index is 1.97. The van der Waals surface area contributed by atoms with Crippen LogP contribution in [0.15, 0.2) is 47.6 Å². The molecule has 2 rings (SSSR count). The van der Waals surface area contributed by atoms with Crippen LogP contribution in [0.1, 0.15) is 27.8 Å². The summed E-state index contributed by atoms with van der Waals surface area (Å²) in [6.07, 6.45) is 2.04. The minimum absolute atomic E-state index is 0.112. The van der Waals surface area contributed by atoms with Gasteiger partial charge in [0.25, 0.3) is 0 Å². The summed E-state index contributed by atoms with van der Waals surface area (Å²) in [6.45, 7) is 6.25. The van der Waals surface area contributed by atoms with Gasteiger partial charge in [0.05, 0.1) is 12.6 Å². The van der Waals surface area contributed by atoms with E-state index in [1.165, 1.54) is 16.7 Å². The molecule has 0 aliphatic rings. The second kappa shape index (κ2) is 6.84. The Morgan fingerprint density at radius 3 is 2.48 bits per heavy atom. The van der Waals surface area contributed by atoms with Gasteiger partial charge in [0.15, 0.2) is 0 Å². The Morgan fingerprint density at radius 1 is 1.05 bits per heavy atom. The van der Waals surface area contributed by atoms with Crippen LogP contribution >= 0.6 is 0 Å². The van der Waals surface area contributed by atoms with Gasteiger partial charge >= 0.3 is 0 Å². The number of hydrazone groups is 1. The normalized spacial score (nSPS) is 10.8. The van der Waals surface area contributed by atoms with Crippen molar-refractivity contribution in [2.45, 2.75) is 27.2 Å². The summed E-state index contributed by atoms with van der Waals surface area (Å²) in [7, 11) is 0. The van der Waals surface area contributed by atoms with Gasteiger partial charge in [0.1, 0.15) is 0 Å². The molecule has 0 saturated carbocycles. The zero-order chi connectivity index (χ0) is 15.2. The maximum atomic E-state index is 11.8. The van der Waals surface area contributed by atoms with Crippen molar-refractivity contribution in [2.24, 2.45) is 5.10 Å². The van der Waals surface area contributed by atoms with Gasteiger partial charge in [0, 0.05) is 0 Å². The fraction of sp³-hybridized carbons (Fsp3) is 0.222. The molecule has 0 aliphatic carbocycles. The fourth-order valence-corrected chi connectivity index (χ4v) is 2.11. The van der Waals surface area contributed by atoms with Crippen LogP contribution in [-0.4, -0.2) is 12.1 Å². The van der Waals surface area contributed by atoms with Crippen molar-refractivity contribution in [2.75, 3.05) is 0 Å². The Bertz CT molecular complexity index is 660. The molecule has 2 aromatic carbocycles. The first-order valence-corrected chi connectivity index (χ1v) is 7.00. The molecule has 3 heteroatoms. The molecule has 0 saturated heterocycles. The summed E-state index contributed by atoms with van der Waals surface area (Å²) in [6, 6.07) is 13.7. The molecule has 1 amide bonds. The monoisotopic (exact) mass is 280 g/mol. The molecule has 0 aromatic heterocycles. The molecule has 0 aliphatic heterocycles. The Hall–Kier alpha value is -2.42. The van der Waals surface area contributed by atoms with E-state index in [0.29, 0.717) is 6.42 Å². The third-order valence-electron chi connectivity index (χ3n) is 3.70. The summed E-state index contributed by atoms with van der Waals surface area (Å²) < 4.78 is 0. The van der Waals surface area contributed by atoms with E-state index < -0.39 is 0 Å². The molecule has 0 heterocycles. The number of rotatable bonds is 4. The largest absolute Gasteiger partial charge is 0.273 e. The van der Waals surface area contributed by atoms with Gasteiger partial charge in [-0.25, -0.2) is 5.43 Å². The van der Waals surface area contributed by atoms with E-state index in [9.17, 15) is 4.79 Å². The van der Waals surface area contributed by atoms with E-state index in [2.05, 4.69) is 37.4 Å². The highest BCUT2D eigenvalue weighted by atomic mass is 16.2. The number of carbonyl (C=O) groups is 1. The second-order valence-corrected chi connectivity index (χ2v) is 5.18. The lowest BCUT2D eigenvalue weighted by atomic mass is 10.00. The van der Waals surface area contributed by atoms with Crippen molar-refractivity contribution in [1.82, 2.24) is 5.43 Å². The molecule has 108 valence electrons. The maximum Gasteiger partial charge on any atom is 0.244 e. The highest BCUT2D eigenvalue weighted by molar-refractivity contribution is 5.85. The molecule has 0 atom stereocenters. The van der Waals surface area contributed by atoms with Gasteiger partial charge in [-0.2, -0.15) is 5.10 Å². The van der Waals surface area contributed by atoms with Crippen molar-refractivity contribution < 1.29 is 4.79 Å². The summed E-state index contributed by atoms with van der Waals surface area (Å²) >= 11 is 0. The summed E-state index contributed by atoms with van der Waals surface area (Å²) in [5.74, 6) is -0.112. The van der Waals surface area contributed by atoms with Crippen LogP contribution in [0.3, 0.4) is 0 Å². The molecule has 0 radical (unpaired) electrons. The Morgan fingerprint density at radius 2 is 1.76 bits per heavy atom. The number of aryl methyl sites for hydroxylation is 1. The van der Waals surface area contributed by atoms with E-state index >= 15 is 0 Å². The first-order valence-electron chi connectivity index (χ1n) is 7.00. The third-order valence-corrected chi connectivity index (χ3v) is 3.70. The number of benzene rings is 2. The maximum absolute atomic E-state index is 11.8. The van der Waals surface area contributed by atoms with Crippen molar-refractivity contribution in [3.05, 3.63) is 70.3 Å². The fourth-order valence-electron chi connectivity index (χ4n) is 2.11. The van der Waals surface area contributed by atoms with Crippen LogP contribution < -0.4 is 5.43 Å². The summed E-state index contributed by atoms with van der Waals surface area (Å²) in [4.78, 5) is 11.8. The average Bonchev–Trinajstić information content (AvgIpc) is 2.48. The van der Waals surface area contributed by atoms with Crippen LogP contribution in [0, 0.1) is 20.8 Å². The quantitative estimate of drug-likeness (QED) is 0.677. The molecule has 0 unspecified atom stereocenters. The average molecular weight is 280 g/mol. The van der Waals surface area contributed by atoms with Gasteiger partial charge in [-0.1, -0.05) is 42.5 Å². The van der Waals surface area contributed by atoms with Gasteiger partial charge in [-0.05, 0) is 48.6 Å². The molecule has 3 nitrogen and oxygen atoms in total. The predicted octanol–water partition coefficient (Wildman–Crippen LogP) is 3.30. The topological polar surface area (TPSA) is 41.5 Å². The number of nitrogens with zero attached hydrogens (tertiary/aromatic N) is 1. The van der Waals surface area contributed by atoms with Crippen molar-refractivity contribution in [3.63, 3.8) is 0 Å². The van der Waals surface area contributed by atoms with E-state index in [-0.39, 0.29) is 5.91 Å². The van der Waals surface area contributed by atoms with E-state index in [4.69, 9.17) is 0 Å². The van der Waals surface area contributed by atoms with Crippen molar-refractivity contribution >= 4 is 12.1 Å². The molecule has 0 bridgehead atoms. The van der Waals surface area contributed by atoms with Crippen molar-refractivity contribution in [3.8, 4) is 0 Å². The zero-order valence-corrected chi connectivity index (χ0v) is 12.7. The van der Waals surface area contributed by atoms with Gasteiger partial charge in [-0.15, -0.1) is 0 Å². The first-order chi connectivity index (χ1) is 10.1. The SMILES string of the molecule is Cc1ccc(/C=N\NC(=O)Cc2ccccc2)c(C)c1C. The third kappa shape index (κ3) is 4.02. The molecule has 0 fully saturated rings. The van der Waals surface area contributed by atoms with E-state index in [1.54, 1.807) is 6.21 Å². The number of hydrogen-bond acceptors (Lipinski definition) is 2. The zero-order valence-electron chi connectivity index (χ0n) is 12.7. The van der Waals surface area contributed by atoms with Crippen LogP contribution in [0.25, 0.3) is 0 Å². The molecule has 21 heavy (non-hydrogen) atoms. The Labute approximate surface area is 125 Å². The lowest BCUT2D eigenvalue weighted by molar-refractivity contribution is -0.120.